The predicted octanol–water partition coefficient (Wildman–Crippen LogP) is 3.11. The lowest BCUT2D eigenvalue weighted by Crippen LogP contribution is -2.28. The molecule has 0 saturated carbocycles. The molecule has 146 valence electrons. The lowest BCUT2D eigenvalue weighted by molar-refractivity contribution is -0.142. The predicted molar refractivity (Wildman–Crippen MR) is 108 cm³/mol. The normalized spacial score (nSPS) is 9.93. The molecule has 0 aliphatic rings. The topological polar surface area (TPSA) is 84.5 Å². The fourth-order valence-electron chi connectivity index (χ4n) is 2.45. The fourth-order valence-corrected chi connectivity index (χ4v) is 2.45. The number of carbonyl (C=O) groups is 3. The SMILES string of the molecule is CC(C)=CC(=O)OCC(=O)Nc1ccccc1C(=O)NCCc1ccccc1. The molecule has 0 radical (unpaired) electrons. The van der Waals surface area contributed by atoms with Crippen LogP contribution in [0.5, 0.6) is 0 Å². The molecule has 6 heteroatoms. The van der Waals surface area contributed by atoms with Gasteiger partial charge in [-0.05, 0) is 38.0 Å². The summed E-state index contributed by atoms with van der Waals surface area (Å²) < 4.78 is 4.87. The number of esters is 1. The molecular formula is C22H24N2O4. The van der Waals surface area contributed by atoms with Crippen LogP contribution in [0.2, 0.25) is 0 Å². The van der Waals surface area contributed by atoms with Crippen molar-refractivity contribution in [2.45, 2.75) is 20.3 Å². The molecule has 6 nitrogen and oxygen atoms in total. The van der Waals surface area contributed by atoms with Gasteiger partial charge in [-0.1, -0.05) is 48.0 Å². The molecule has 2 aromatic rings. The van der Waals surface area contributed by atoms with Crippen LogP contribution in [0.15, 0.2) is 66.2 Å². The Bertz CT molecular complexity index is 856. The molecule has 2 amide bonds. The first-order valence-corrected chi connectivity index (χ1v) is 8.98. The summed E-state index contributed by atoms with van der Waals surface area (Å²) in [6.07, 6.45) is 2.02. The van der Waals surface area contributed by atoms with Gasteiger partial charge in [0.15, 0.2) is 6.61 Å². The summed E-state index contributed by atoms with van der Waals surface area (Å²) in [5.74, 6) is -1.38. The van der Waals surface area contributed by atoms with E-state index >= 15 is 0 Å². The van der Waals surface area contributed by atoms with Crippen LogP contribution in [0.25, 0.3) is 0 Å². The Kier molecular flexibility index (Phi) is 7.96. The zero-order chi connectivity index (χ0) is 20.4. The number of para-hydroxylation sites is 1. The van der Waals surface area contributed by atoms with Crippen LogP contribution in [0.1, 0.15) is 29.8 Å². The molecule has 0 unspecified atom stereocenters. The van der Waals surface area contributed by atoms with Crippen LogP contribution in [-0.2, 0) is 20.7 Å². The zero-order valence-corrected chi connectivity index (χ0v) is 16.0. The van der Waals surface area contributed by atoms with Crippen molar-refractivity contribution in [3.63, 3.8) is 0 Å². The van der Waals surface area contributed by atoms with Crippen molar-refractivity contribution >= 4 is 23.5 Å². The Morgan fingerprint density at radius 2 is 1.64 bits per heavy atom. The third kappa shape index (κ3) is 7.07. The zero-order valence-electron chi connectivity index (χ0n) is 16.0. The van der Waals surface area contributed by atoms with E-state index in [1.54, 1.807) is 38.1 Å². The maximum atomic E-state index is 12.5. The van der Waals surface area contributed by atoms with E-state index in [1.165, 1.54) is 6.08 Å². The van der Waals surface area contributed by atoms with Crippen molar-refractivity contribution in [2.24, 2.45) is 0 Å². The average molecular weight is 380 g/mol. The number of nitrogens with one attached hydrogen (secondary N) is 2. The van der Waals surface area contributed by atoms with Gasteiger partial charge < -0.3 is 15.4 Å². The summed E-state index contributed by atoms with van der Waals surface area (Å²) in [4.78, 5) is 36.0. The first-order chi connectivity index (χ1) is 13.5. The lowest BCUT2D eigenvalue weighted by atomic mass is 10.1. The van der Waals surface area contributed by atoms with E-state index in [-0.39, 0.29) is 5.91 Å². The van der Waals surface area contributed by atoms with E-state index < -0.39 is 18.5 Å². The van der Waals surface area contributed by atoms with Crippen LogP contribution >= 0.6 is 0 Å². The summed E-state index contributed by atoms with van der Waals surface area (Å²) in [5, 5.41) is 5.46. The Morgan fingerprint density at radius 3 is 2.36 bits per heavy atom. The van der Waals surface area contributed by atoms with Crippen LogP contribution in [0, 0.1) is 0 Å². The molecule has 0 heterocycles. The van der Waals surface area contributed by atoms with Crippen molar-refractivity contribution in [1.29, 1.82) is 0 Å². The van der Waals surface area contributed by atoms with E-state index in [9.17, 15) is 14.4 Å². The minimum absolute atomic E-state index is 0.284. The quantitative estimate of drug-likeness (QED) is 0.544. The van der Waals surface area contributed by atoms with Gasteiger partial charge in [0.25, 0.3) is 11.8 Å². The number of amides is 2. The number of hydrogen-bond donors (Lipinski definition) is 2. The third-order valence-electron chi connectivity index (χ3n) is 3.74. The smallest absolute Gasteiger partial charge is 0.331 e. The van der Waals surface area contributed by atoms with Crippen molar-refractivity contribution < 1.29 is 19.1 Å². The Balaban J connectivity index is 1.90. The number of benzene rings is 2. The molecule has 0 spiro atoms. The van der Waals surface area contributed by atoms with Crippen LogP contribution in [0.4, 0.5) is 5.69 Å². The highest BCUT2D eigenvalue weighted by atomic mass is 16.5. The molecule has 0 saturated heterocycles. The lowest BCUT2D eigenvalue weighted by Gasteiger charge is -2.11. The first-order valence-electron chi connectivity index (χ1n) is 8.98. The number of carbonyl (C=O) groups excluding carboxylic acids is 3. The van der Waals surface area contributed by atoms with Gasteiger partial charge in [-0.2, -0.15) is 0 Å². The van der Waals surface area contributed by atoms with Crippen LogP contribution < -0.4 is 10.6 Å². The standard InChI is InChI=1S/C22H24N2O4/c1-16(2)14-21(26)28-15-20(25)24-19-11-7-6-10-18(19)22(27)23-13-12-17-8-4-3-5-9-17/h3-11,14H,12-13,15H2,1-2H3,(H,23,27)(H,24,25). The molecule has 28 heavy (non-hydrogen) atoms. The highest BCUT2D eigenvalue weighted by Crippen LogP contribution is 2.15. The molecule has 0 bridgehead atoms. The highest BCUT2D eigenvalue weighted by Gasteiger charge is 2.13. The molecule has 0 fully saturated rings. The van der Waals surface area contributed by atoms with E-state index in [1.807, 2.05) is 30.3 Å². The number of anilines is 1. The summed E-state index contributed by atoms with van der Waals surface area (Å²) in [6, 6.07) is 16.5. The largest absolute Gasteiger partial charge is 0.452 e. The minimum Gasteiger partial charge on any atom is -0.452 e. The van der Waals surface area contributed by atoms with E-state index in [0.29, 0.717) is 24.2 Å². The molecule has 0 aromatic heterocycles. The maximum absolute atomic E-state index is 12.5. The Labute approximate surface area is 164 Å². The van der Waals surface area contributed by atoms with Crippen molar-refractivity contribution in [2.75, 3.05) is 18.5 Å². The van der Waals surface area contributed by atoms with Gasteiger partial charge in [0.2, 0.25) is 0 Å². The molecular weight excluding hydrogens is 356 g/mol. The van der Waals surface area contributed by atoms with Gasteiger partial charge in [0.05, 0.1) is 11.3 Å². The number of ether oxygens (including phenoxy) is 1. The average Bonchev–Trinajstić information content (AvgIpc) is 2.67. The van der Waals surface area contributed by atoms with Gasteiger partial charge in [-0.15, -0.1) is 0 Å². The molecule has 0 aliphatic carbocycles. The molecule has 2 N–H and O–H groups in total. The molecule has 0 aliphatic heterocycles. The molecule has 2 rings (SSSR count). The van der Waals surface area contributed by atoms with Gasteiger partial charge >= 0.3 is 5.97 Å². The first kappa shape index (κ1) is 20.9. The van der Waals surface area contributed by atoms with Crippen molar-refractivity contribution in [3.8, 4) is 0 Å². The molecule has 2 aromatic carbocycles. The van der Waals surface area contributed by atoms with Gasteiger partial charge in [-0.25, -0.2) is 4.79 Å². The van der Waals surface area contributed by atoms with Crippen LogP contribution in [0.3, 0.4) is 0 Å². The summed E-state index contributed by atoms with van der Waals surface area (Å²) in [7, 11) is 0. The van der Waals surface area contributed by atoms with Gasteiger partial charge in [0.1, 0.15) is 0 Å². The highest BCUT2D eigenvalue weighted by molar-refractivity contribution is 6.04. The second-order valence-electron chi connectivity index (χ2n) is 6.41. The number of allylic oxidation sites excluding steroid dienone is 1. The third-order valence-corrected chi connectivity index (χ3v) is 3.74. The van der Waals surface area contributed by atoms with Gasteiger partial charge in [0, 0.05) is 12.6 Å². The van der Waals surface area contributed by atoms with Crippen LogP contribution in [-0.4, -0.2) is 30.9 Å². The summed E-state index contributed by atoms with van der Waals surface area (Å²) in [6.45, 7) is 3.57. The second kappa shape index (κ2) is 10.7. The van der Waals surface area contributed by atoms with Crippen molar-refractivity contribution in [3.05, 3.63) is 77.4 Å². The second-order valence-corrected chi connectivity index (χ2v) is 6.41. The summed E-state index contributed by atoms with van der Waals surface area (Å²) in [5.41, 5.74) is 2.62. The van der Waals surface area contributed by atoms with E-state index in [4.69, 9.17) is 4.74 Å². The Morgan fingerprint density at radius 1 is 0.964 bits per heavy atom. The monoisotopic (exact) mass is 380 g/mol. The fraction of sp³-hybridized carbons (Fsp3) is 0.227. The molecule has 0 atom stereocenters. The van der Waals surface area contributed by atoms with E-state index in [0.717, 1.165) is 11.1 Å². The number of hydrogen-bond acceptors (Lipinski definition) is 4. The van der Waals surface area contributed by atoms with E-state index in [2.05, 4.69) is 10.6 Å². The summed E-state index contributed by atoms with van der Waals surface area (Å²) >= 11 is 0. The van der Waals surface area contributed by atoms with Crippen molar-refractivity contribution in [1.82, 2.24) is 5.32 Å². The maximum Gasteiger partial charge on any atom is 0.331 e. The van der Waals surface area contributed by atoms with Gasteiger partial charge in [-0.3, -0.25) is 9.59 Å². The minimum atomic E-state index is -0.581. The Hall–Kier alpha value is -3.41. The number of rotatable bonds is 8.